The minimum atomic E-state index is -0.00411. The molecule has 3 nitrogen and oxygen atoms in total. The van der Waals surface area contributed by atoms with Crippen LogP contribution in [0.5, 0.6) is 0 Å². The van der Waals surface area contributed by atoms with Gasteiger partial charge in [-0.15, -0.1) is 0 Å². The number of carbonyl (C=O) groups excluding carboxylic acids is 1. The largest absolute Gasteiger partial charge is 0.331 e. The zero-order chi connectivity index (χ0) is 16.1. The second-order valence-electron chi connectivity index (χ2n) is 6.29. The maximum Gasteiger partial charge on any atom is 0.317 e. The first-order valence-corrected chi connectivity index (χ1v) is 8.37. The summed E-state index contributed by atoms with van der Waals surface area (Å²) in [7, 11) is 1.85. The van der Waals surface area contributed by atoms with Crippen LogP contribution in [0.2, 0.25) is 0 Å². The van der Waals surface area contributed by atoms with Crippen molar-refractivity contribution < 1.29 is 4.79 Å². The molecule has 2 aromatic carbocycles. The molecule has 1 aliphatic rings. The lowest BCUT2D eigenvalue weighted by atomic mass is 9.99. The third-order valence-electron chi connectivity index (χ3n) is 4.53. The molecule has 23 heavy (non-hydrogen) atoms. The number of carbonyl (C=O) groups is 1. The SMILES string of the molecule is CN(Cc1ccccc1)C(=O)NC1CCCCc2ccccc21. The molecule has 120 valence electrons. The van der Waals surface area contributed by atoms with Crippen LogP contribution in [-0.4, -0.2) is 18.0 Å². The molecule has 2 aromatic rings. The summed E-state index contributed by atoms with van der Waals surface area (Å²) in [5, 5.41) is 3.22. The van der Waals surface area contributed by atoms with Crippen molar-refractivity contribution in [3.05, 3.63) is 71.3 Å². The van der Waals surface area contributed by atoms with Crippen LogP contribution in [0.1, 0.15) is 42.0 Å². The van der Waals surface area contributed by atoms with Gasteiger partial charge in [0.15, 0.2) is 0 Å². The van der Waals surface area contributed by atoms with Gasteiger partial charge in [0.1, 0.15) is 0 Å². The van der Waals surface area contributed by atoms with Crippen LogP contribution < -0.4 is 5.32 Å². The first-order chi connectivity index (χ1) is 11.2. The molecule has 3 rings (SSSR count). The van der Waals surface area contributed by atoms with E-state index >= 15 is 0 Å². The van der Waals surface area contributed by atoms with Crippen molar-refractivity contribution in [1.82, 2.24) is 10.2 Å². The highest BCUT2D eigenvalue weighted by Crippen LogP contribution is 2.28. The van der Waals surface area contributed by atoms with Crippen LogP contribution in [0.3, 0.4) is 0 Å². The number of benzene rings is 2. The number of urea groups is 1. The Hall–Kier alpha value is -2.29. The molecule has 0 aromatic heterocycles. The first kappa shape index (κ1) is 15.6. The highest BCUT2D eigenvalue weighted by atomic mass is 16.2. The van der Waals surface area contributed by atoms with Gasteiger partial charge < -0.3 is 10.2 Å². The zero-order valence-corrected chi connectivity index (χ0v) is 13.7. The lowest BCUT2D eigenvalue weighted by Crippen LogP contribution is -2.39. The summed E-state index contributed by atoms with van der Waals surface area (Å²) < 4.78 is 0. The maximum atomic E-state index is 12.6. The normalized spacial score (nSPS) is 17.0. The van der Waals surface area contributed by atoms with Crippen molar-refractivity contribution in [3.8, 4) is 0 Å². The van der Waals surface area contributed by atoms with Gasteiger partial charge in [0, 0.05) is 13.6 Å². The van der Waals surface area contributed by atoms with E-state index in [-0.39, 0.29) is 12.1 Å². The van der Waals surface area contributed by atoms with Gasteiger partial charge in [-0.1, -0.05) is 61.0 Å². The van der Waals surface area contributed by atoms with Gasteiger partial charge in [0.05, 0.1) is 6.04 Å². The standard InChI is InChI=1S/C20H24N2O/c1-22(15-16-9-3-2-4-10-16)20(23)21-19-14-8-6-12-17-11-5-7-13-18(17)19/h2-5,7,9-11,13,19H,6,8,12,14-15H2,1H3,(H,21,23). The number of aryl methyl sites for hydroxylation is 1. The molecule has 0 aliphatic heterocycles. The van der Waals surface area contributed by atoms with E-state index in [0.29, 0.717) is 6.54 Å². The van der Waals surface area contributed by atoms with Gasteiger partial charge in [0.25, 0.3) is 0 Å². The molecule has 0 bridgehead atoms. The van der Waals surface area contributed by atoms with Crippen molar-refractivity contribution in [2.24, 2.45) is 0 Å². The number of hydrogen-bond donors (Lipinski definition) is 1. The Labute approximate surface area is 138 Å². The van der Waals surface area contributed by atoms with E-state index in [0.717, 1.165) is 24.8 Å². The monoisotopic (exact) mass is 308 g/mol. The van der Waals surface area contributed by atoms with Crippen molar-refractivity contribution in [3.63, 3.8) is 0 Å². The van der Waals surface area contributed by atoms with E-state index in [2.05, 4.69) is 29.6 Å². The summed E-state index contributed by atoms with van der Waals surface area (Å²) >= 11 is 0. The molecule has 0 radical (unpaired) electrons. The first-order valence-electron chi connectivity index (χ1n) is 8.37. The van der Waals surface area contributed by atoms with Gasteiger partial charge in [-0.25, -0.2) is 4.79 Å². The molecule has 0 fully saturated rings. The van der Waals surface area contributed by atoms with E-state index in [1.54, 1.807) is 4.90 Å². The molecule has 1 atom stereocenters. The molecule has 0 spiro atoms. The van der Waals surface area contributed by atoms with E-state index in [1.807, 2.05) is 37.4 Å². The van der Waals surface area contributed by atoms with Gasteiger partial charge in [-0.2, -0.15) is 0 Å². The van der Waals surface area contributed by atoms with Crippen molar-refractivity contribution in [2.45, 2.75) is 38.3 Å². The highest BCUT2D eigenvalue weighted by Gasteiger charge is 2.21. The molecular weight excluding hydrogens is 284 g/mol. The second kappa shape index (κ2) is 7.32. The topological polar surface area (TPSA) is 32.3 Å². The van der Waals surface area contributed by atoms with Crippen LogP contribution in [0.15, 0.2) is 54.6 Å². The number of fused-ring (bicyclic) bond motifs is 1. The second-order valence-corrected chi connectivity index (χ2v) is 6.29. The summed E-state index contributed by atoms with van der Waals surface area (Å²) in [5.74, 6) is 0. The summed E-state index contributed by atoms with van der Waals surface area (Å²) in [6.07, 6.45) is 4.48. The average Bonchev–Trinajstić information content (AvgIpc) is 2.78. The molecule has 1 N–H and O–H groups in total. The van der Waals surface area contributed by atoms with Crippen LogP contribution in [0, 0.1) is 0 Å². The number of nitrogens with one attached hydrogen (secondary N) is 1. The minimum Gasteiger partial charge on any atom is -0.331 e. The van der Waals surface area contributed by atoms with Crippen LogP contribution in [0.25, 0.3) is 0 Å². The number of rotatable bonds is 3. The Bertz CT molecular complexity index is 654. The van der Waals surface area contributed by atoms with E-state index in [4.69, 9.17) is 0 Å². The highest BCUT2D eigenvalue weighted by molar-refractivity contribution is 5.74. The molecule has 0 saturated heterocycles. The molecule has 1 unspecified atom stereocenters. The zero-order valence-electron chi connectivity index (χ0n) is 13.7. The molecule has 1 aliphatic carbocycles. The van der Waals surface area contributed by atoms with Crippen molar-refractivity contribution >= 4 is 6.03 Å². The van der Waals surface area contributed by atoms with E-state index in [9.17, 15) is 4.79 Å². The summed E-state index contributed by atoms with van der Waals surface area (Å²) in [6.45, 7) is 0.626. The van der Waals surface area contributed by atoms with E-state index in [1.165, 1.54) is 17.5 Å². The number of hydrogen-bond acceptors (Lipinski definition) is 1. The molecule has 0 heterocycles. The smallest absolute Gasteiger partial charge is 0.317 e. The predicted molar refractivity (Wildman–Crippen MR) is 93.2 cm³/mol. The van der Waals surface area contributed by atoms with Crippen LogP contribution in [0.4, 0.5) is 4.79 Å². The molecule has 2 amide bonds. The maximum absolute atomic E-state index is 12.6. The lowest BCUT2D eigenvalue weighted by Gasteiger charge is -2.24. The van der Waals surface area contributed by atoms with E-state index < -0.39 is 0 Å². The molecule has 0 saturated carbocycles. The fourth-order valence-corrected chi connectivity index (χ4v) is 3.26. The summed E-state index contributed by atoms with van der Waals surface area (Å²) in [6, 6.07) is 18.7. The average molecular weight is 308 g/mol. The Morgan fingerprint density at radius 2 is 1.83 bits per heavy atom. The lowest BCUT2D eigenvalue weighted by molar-refractivity contribution is 0.202. The predicted octanol–water partition coefficient (Wildman–Crippen LogP) is 4.30. The minimum absolute atomic E-state index is 0.00411. The summed E-state index contributed by atoms with van der Waals surface area (Å²) in [5.41, 5.74) is 3.80. The number of amides is 2. The van der Waals surface area contributed by atoms with Crippen molar-refractivity contribution in [1.29, 1.82) is 0 Å². The third kappa shape index (κ3) is 3.92. The van der Waals surface area contributed by atoms with Gasteiger partial charge in [-0.05, 0) is 36.0 Å². The number of nitrogens with zero attached hydrogens (tertiary/aromatic N) is 1. The van der Waals surface area contributed by atoms with Crippen LogP contribution >= 0.6 is 0 Å². The Kier molecular flexibility index (Phi) is 4.96. The fraction of sp³-hybridized carbons (Fsp3) is 0.350. The van der Waals surface area contributed by atoms with Gasteiger partial charge in [0.2, 0.25) is 0 Å². The fourth-order valence-electron chi connectivity index (χ4n) is 3.26. The Balaban J connectivity index is 1.67. The quantitative estimate of drug-likeness (QED) is 0.843. The van der Waals surface area contributed by atoms with Gasteiger partial charge in [-0.3, -0.25) is 0 Å². The van der Waals surface area contributed by atoms with Gasteiger partial charge >= 0.3 is 6.03 Å². The van der Waals surface area contributed by atoms with Crippen molar-refractivity contribution in [2.75, 3.05) is 7.05 Å². The summed E-state index contributed by atoms with van der Waals surface area (Å²) in [4.78, 5) is 14.3. The molecular formula is C20H24N2O. The third-order valence-corrected chi connectivity index (χ3v) is 4.53. The Morgan fingerprint density at radius 1 is 1.09 bits per heavy atom. The molecule has 3 heteroatoms. The Morgan fingerprint density at radius 3 is 2.65 bits per heavy atom. The van der Waals surface area contributed by atoms with Crippen LogP contribution in [-0.2, 0) is 13.0 Å².